The van der Waals surface area contributed by atoms with Crippen molar-refractivity contribution in [2.24, 2.45) is 0 Å². The summed E-state index contributed by atoms with van der Waals surface area (Å²) in [5, 5.41) is 7.43. The van der Waals surface area contributed by atoms with Gasteiger partial charge in [0.15, 0.2) is 6.73 Å². The molecule has 0 aliphatic heterocycles. The SMILES string of the molecule is CCc1ccc(OCn2cc(NC(=O)c3cc(SC)ccc3Cl)cn2)cc1. The van der Waals surface area contributed by atoms with Crippen molar-refractivity contribution in [3.8, 4) is 5.75 Å². The largest absolute Gasteiger partial charge is 0.471 e. The van der Waals surface area contributed by atoms with Crippen LogP contribution in [0.15, 0.2) is 59.8 Å². The van der Waals surface area contributed by atoms with Gasteiger partial charge in [-0.15, -0.1) is 11.8 Å². The van der Waals surface area contributed by atoms with Crippen LogP contribution >= 0.6 is 23.4 Å². The number of anilines is 1. The number of thioether (sulfide) groups is 1. The van der Waals surface area contributed by atoms with E-state index in [0.29, 0.717) is 16.3 Å². The molecular formula is C20H20ClN3O2S. The van der Waals surface area contributed by atoms with E-state index < -0.39 is 0 Å². The maximum absolute atomic E-state index is 12.5. The Morgan fingerprint density at radius 2 is 2.04 bits per heavy atom. The Labute approximate surface area is 167 Å². The number of halogens is 1. The summed E-state index contributed by atoms with van der Waals surface area (Å²) in [5.74, 6) is 0.500. The fraction of sp³-hybridized carbons (Fsp3) is 0.200. The van der Waals surface area contributed by atoms with Gasteiger partial charge in [0.1, 0.15) is 5.75 Å². The summed E-state index contributed by atoms with van der Waals surface area (Å²) in [7, 11) is 0. The molecule has 3 aromatic rings. The number of hydrogen-bond acceptors (Lipinski definition) is 4. The van der Waals surface area contributed by atoms with E-state index in [1.165, 1.54) is 5.56 Å². The van der Waals surface area contributed by atoms with Gasteiger partial charge in [-0.2, -0.15) is 5.10 Å². The quantitative estimate of drug-likeness (QED) is 0.559. The third-order valence-electron chi connectivity index (χ3n) is 4.00. The molecule has 0 fully saturated rings. The number of carbonyl (C=O) groups is 1. The van der Waals surface area contributed by atoms with Gasteiger partial charge in [0.2, 0.25) is 0 Å². The number of carbonyl (C=O) groups excluding carboxylic acids is 1. The summed E-state index contributed by atoms with van der Waals surface area (Å²) >= 11 is 7.70. The summed E-state index contributed by atoms with van der Waals surface area (Å²) in [6.45, 7) is 2.37. The molecule has 1 N–H and O–H groups in total. The first-order valence-corrected chi connectivity index (χ1v) is 10.1. The zero-order chi connectivity index (χ0) is 19.2. The van der Waals surface area contributed by atoms with Gasteiger partial charge in [-0.3, -0.25) is 4.79 Å². The van der Waals surface area contributed by atoms with Crippen LogP contribution in [-0.4, -0.2) is 21.9 Å². The second-order valence-electron chi connectivity index (χ2n) is 5.84. The fourth-order valence-corrected chi connectivity index (χ4v) is 3.11. The fourth-order valence-electron chi connectivity index (χ4n) is 2.46. The minimum Gasteiger partial charge on any atom is -0.471 e. The van der Waals surface area contributed by atoms with Gasteiger partial charge in [-0.25, -0.2) is 4.68 Å². The molecule has 1 heterocycles. The van der Waals surface area contributed by atoms with E-state index in [1.54, 1.807) is 41.0 Å². The van der Waals surface area contributed by atoms with Gasteiger partial charge < -0.3 is 10.1 Å². The first-order valence-electron chi connectivity index (χ1n) is 8.48. The van der Waals surface area contributed by atoms with Gasteiger partial charge in [0.25, 0.3) is 5.91 Å². The Hall–Kier alpha value is -2.44. The first-order chi connectivity index (χ1) is 13.1. The number of amides is 1. The number of hydrogen-bond donors (Lipinski definition) is 1. The van der Waals surface area contributed by atoms with Crippen molar-refractivity contribution < 1.29 is 9.53 Å². The number of nitrogens with zero attached hydrogens (tertiary/aromatic N) is 2. The predicted molar refractivity (Wildman–Crippen MR) is 110 cm³/mol. The highest BCUT2D eigenvalue weighted by Crippen LogP contribution is 2.24. The lowest BCUT2D eigenvalue weighted by atomic mass is 10.2. The van der Waals surface area contributed by atoms with Crippen molar-refractivity contribution in [3.05, 3.63) is 71.0 Å². The van der Waals surface area contributed by atoms with Crippen LogP contribution in [-0.2, 0) is 13.2 Å². The molecule has 0 saturated heterocycles. The number of aromatic nitrogens is 2. The summed E-state index contributed by atoms with van der Waals surface area (Å²) < 4.78 is 7.32. The number of ether oxygens (including phenoxy) is 1. The standard InChI is InChI=1S/C20H20ClN3O2S/c1-3-14-4-6-16(7-5-14)26-13-24-12-15(11-22-24)23-20(25)18-10-17(27-2)8-9-19(18)21/h4-12H,3,13H2,1-2H3,(H,23,25). The number of benzene rings is 2. The van der Waals surface area contributed by atoms with Crippen LogP contribution in [0.4, 0.5) is 5.69 Å². The van der Waals surface area contributed by atoms with Crippen molar-refractivity contribution in [2.75, 3.05) is 11.6 Å². The average Bonchev–Trinajstić information content (AvgIpc) is 3.14. The third kappa shape index (κ3) is 5.05. The Bertz CT molecular complexity index is 925. The minimum atomic E-state index is -0.272. The molecular weight excluding hydrogens is 382 g/mol. The van der Waals surface area contributed by atoms with Crippen molar-refractivity contribution in [3.63, 3.8) is 0 Å². The van der Waals surface area contributed by atoms with Gasteiger partial charge in [0.05, 0.1) is 28.7 Å². The van der Waals surface area contributed by atoms with Crippen LogP contribution in [0.25, 0.3) is 0 Å². The first kappa shape index (κ1) is 19.3. The van der Waals surface area contributed by atoms with Crippen LogP contribution in [0.1, 0.15) is 22.8 Å². The highest BCUT2D eigenvalue weighted by molar-refractivity contribution is 7.98. The second kappa shape index (κ2) is 8.97. The molecule has 140 valence electrons. The molecule has 27 heavy (non-hydrogen) atoms. The highest BCUT2D eigenvalue weighted by atomic mass is 35.5. The normalized spacial score (nSPS) is 10.6. The average molecular weight is 402 g/mol. The van der Waals surface area contributed by atoms with Gasteiger partial charge in [-0.1, -0.05) is 30.7 Å². The topological polar surface area (TPSA) is 56.1 Å². The van der Waals surface area contributed by atoms with E-state index in [4.69, 9.17) is 16.3 Å². The molecule has 0 radical (unpaired) electrons. The second-order valence-corrected chi connectivity index (χ2v) is 7.13. The molecule has 7 heteroatoms. The van der Waals surface area contributed by atoms with Crippen LogP contribution < -0.4 is 10.1 Å². The molecule has 3 rings (SSSR count). The molecule has 0 aliphatic rings. The van der Waals surface area contributed by atoms with E-state index in [-0.39, 0.29) is 12.6 Å². The van der Waals surface area contributed by atoms with E-state index in [2.05, 4.69) is 17.3 Å². The predicted octanol–water partition coefficient (Wildman–Crippen LogP) is 5.11. The molecule has 2 aromatic carbocycles. The third-order valence-corrected chi connectivity index (χ3v) is 5.06. The molecule has 0 unspecified atom stereocenters. The summed E-state index contributed by atoms with van der Waals surface area (Å²) in [4.78, 5) is 13.5. The molecule has 0 bridgehead atoms. The van der Waals surface area contributed by atoms with E-state index in [9.17, 15) is 4.79 Å². The maximum atomic E-state index is 12.5. The van der Waals surface area contributed by atoms with Crippen molar-refractivity contribution >= 4 is 35.0 Å². The lowest BCUT2D eigenvalue weighted by molar-refractivity contribution is 0.102. The Morgan fingerprint density at radius 1 is 1.26 bits per heavy atom. The van der Waals surface area contributed by atoms with E-state index in [0.717, 1.165) is 17.1 Å². The molecule has 0 spiro atoms. The van der Waals surface area contributed by atoms with Crippen LogP contribution in [0.5, 0.6) is 5.75 Å². The zero-order valence-corrected chi connectivity index (χ0v) is 16.7. The lowest BCUT2D eigenvalue weighted by Crippen LogP contribution is -2.12. The molecule has 0 saturated carbocycles. The maximum Gasteiger partial charge on any atom is 0.257 e. The van der Waals surface area contributed by atoms with E-state index in [1.807, 2.05) is 36.6 Å². The van der Waals surface area contributed by atoms with Gasteiger partial charge in [0, 0.05) is 4.90 Å². The van der Waals surface area contributed by atoms with Crippen molar-refractivity contribution in [1.82, 2.24) is 9.78 Å². The monoisotopic (exact) mass is 401 g/mol. The van der Waals surface area contributed by atoms with Crippen LogP contribution in [0.2, 0.25) is 5.02 Å². The number of aryl methyl sites for hydroxylation is 1. The molecule has 1 amide bonds. The van der Waals surface area contributed by atoms with Crippen molar-refractivity contribution in [1.29, 1.82) is 0 Å². The highest BCUT2D eigenvalue weighted by Gasteiger charge is 2.12. The van der Waals surface area contributed by atoms with Gasteiger partial charge in [-0.05, 0) is 48.6 Å². The molecule has 5 nitrogen and oxygen atoms in total. The summed E-state index contributed by atoms with van der Waals surface area (Å²) in [6, 6.07) is 13.3. The Balaban J connectivity index is 1.61. The number of rotatable bonds is 7. The lowest BCUT2D eigenvalue weighted by Gasteiger charge is -2.07. The smallest absolute Gasteiger partial charge is 0.257 e. The van der Waals surface area contributed by atoms with Crippen LogP contribution in [0.3, 0.4) is 0 Å². The summed E-state index contributed by atoms with van der Waals surface area (Å²) in [5.41, 5.74) is 2.27. The van der Waals surface area contributed by atoms with Gasteiger partial charge >= 0.3 is 0 Å². The Morgan fingerprint density at radius 3 is 2.74 bits per heavy atom. The summed E-state index contributed by atoms with van der Waals surface area (Å²) in [6.07, 6.45) is 6.23. The van der Waals surface area contributed by atoms with Crippen molar-refractivity contribution in [2.45, 2.75) is 25.0 Å². The Kier molecular flexibility index (Phi) is 6.42. The number of nitrogens with one attached hydrogen (secondary N) is 1. The van der Waals surface area contributed by atoms with Crippen LogP contribution in [0, 0.1) is 0 Å². The minimum absolute atomic E-state index is 0.254. The van der Waals surface area contributed by atoms with E-state index >= 15 is 0 Å². The zero-order valence-electron chi connectivity index (χ0n) is 15.1. The molecule has 0 atom stereocenters. The molecule has 1 aromatic heterocycles. The molecule has 0 aliphatic carbocycles.